The van der Waals surface area contributed by atoms with E-state index in [2.05, 4.69) is 0 Å². The molecule has 0 aliphatic rings. The van der Waals surface area contributed by atoms with Crippen LogP contribution in [0.25, 0.3) is 10.9 Å². The van der Waals surface area contributed by atoms with Crippen molar-refractivity contribution in [3.8, 4) is 0 Å². The highest BCUT2D eigenvalue weighted by Crippen LogP contribution is 2.25. The number of carbonyl (C=O) groups is 1. The maximum Gasteiger partial charge on any atom is 0.195 e. The summed E-state index contributed by atoms with van der Waals surface area (Å²) in [4.78, 5) is 12.8. The molecule has 0 saturated carbocycles. The van der Waals surface area contributed by atoms with E-state index in [1.54, 1.807) is 0 Å². The number of aromatic nitrogens is 1. The Kier molecular flexibility index (Phi) is 2.83. The van der Waals surface area contributed by atoms with Gasteiger partial charge in [0.05, 0.1) is 0 Å². The summed E-state index contributed by atoms with van der Waals surface area (Å²) in [5.41, 5.74) is 9.82. The van der Waals surface area contributed by atoms with Crippen molar-refractivity contribution in [1.82, 2.24) is 4.57 Å². The Hall–Kier alpha value is -2.55. The predicted molar refractivity (Wildman–Crippen MR) is 81.9 cm³/mol. The van der Waals surface area contributed by atoms with Crippen LogP contribution in [0.5, 0.6) is 0 Å². The van der Waals surface area contributed by atoms with E-state index in [1.807, 2.05) is 67.2 Å². The average molecular weight is 264 g/mol. The number of hydrogen-bond donors (Lipinski definition) is 1. The lowest BCUT2D eigenvalue weighted by Gasteiger charge is -2.06. The largest absolute Gasteiger partial charge is 0.398 e. The molecule has 0 bridgehead atoms. The fourth-order valence-electron chi connectivity index (χ4n) is 2.57. The van der Waals surface area contributed by atoms with Gasteiger partial charge >= 0.3 is 0 Å². The van der Waals surface area contributed by atoms with Crippen LogP contribution in [0, 0.1) is 6.92 Å². The first-order valence-corrected chi connectivity index (χ1v) is 6.53. The van der Waals surface area contributed by atoms with Crippen LogP contribution in [0.1, 0.15) is 21.5 Å². The Bertz CT molecular complexity index is 815. The molecule has 0 spiro atoms. The van der Waals surface area contributed by atoms with Crippen LogP contribution in [-0.2, 0) is 7.05 Å². The van der Waals surface area contributed by atoms with E-state index in [0.717, 1.165) is 22.0 Å². The molecule has 1 aromatic heterocycles. The van der Waals surface area contributed by atoms with Crippen molar-refractivity contribution in [3.63, 3.8) is 0 Å². The van der Waals surface area contributed by atoms with Crippen molar-refractivity contribution in [2.45, 2.75) is 6.92 Å². The van der Waals surface area contributed by atoms with Gasteiger partial charge in [-0.15, -0.1) is 0 Å². The van der Waals surface area contributed by atoms with Gasteiger partial charge in [-0.25, -0.2) is 0 Å². The number of anilines is 1. The van der Waals surface area contributed by atoms with Crippen molar-refractivity contribution < 1.29 is 4.79 Å². The Morgan fingerprint density at radius 1 is 1.05 bits per heavy atom. The Labute approximate surface area is 117 Å². The van der Waals surface area contributed by atoms with Crippen LogP contribution >= 0.6 is 0 Å². The minimum atomic E-state index is 0.0200. The lowest BCUT2D eigenvalue weighted by Crippen LogP contribution is -2.05. The summed E-state index contributed by atoms with van der Waals surface area (Å²) >= 11 is 0. The van der Waals surface area contributed by atoms with Crippen LogP contribution in [0.4, 0.5) is 5.69 Å². The molecule has 20 heavy (non-hydrogen) atoms. The molecule has 100 valence electrons. The number of rotatable bonds is 2. The molecule has 3 aromatic rings. The summed E-state index contributed by atoms with van der Waals surface area (Å²) in [7, 11) is 1.95. The van der Waals surface area contributed by atoms with Crippen molar-refractivity contribution in [2.75, 3.05) is 5.73 Å². The second-order valence-corrected chi connectivity index (χ2v) is 5.02. The molecule has 0 fully saturated rings. The first-order valence-electron chi connectivity index (χ1n) is 6.53. The van der Waals surface area contributed by atoms with Gasteiger partial charge in [-0.2, -0.15) is 0 Å². The zero-order valence-electron chi connectivity index (χ0n) is 11.6. The molecule has 3 heteroatoms. The normalized spacial score (nSPS) is 10.9. The standard InChI is InChI=1S/C17H16N2O/c1-11-12(7-5-8-15(11)18)17(20)14-10-19(2)16-9-4-3-6-13(14)16/h3-10H,18H2,1-2H3. The van der Waals surface area contributed by atoms with Gasteiger partial charge < -0.3 is 10.3 Å². The third kappa shape index (κ3) is 1.79. The lowest BCUT2D eigenvalue weighted by atomic mass is 9.98. The smallest absolute Gasteiger partial charge is 0.195 e. The van der Waals surface area contributed by atoms with Gasteiger partial charge in [0.2, 0.25) is 0 Å². The number of benzene rings is 2. The topological polar surface area (TPSA) is 48.0 Å². The van der Waals surface area contributed by atoms with Crippen LogP contribution in [0.2, 0.25) is 0 Å². The Morgan fingerprint density at radius 2 is 1.80 bits per heavy atom. The zero-order chi connectivity index (χ0) is 14.3. The van der Waals surface area contributed by atoms with E-state index in [-0.39, 0.29) is 5.78 Å². The highest BCUT2D eigenvalue weighted by atomic mass is 16.1. The summed E-state index contributed by atoms with van der Waals surface area (Å²) in [5.74, 6) is 0.0200. The number of ketones is 1. The highest BCUT2D eigenvalue weighted by molar-refractivity contribution is 6.17. The quantitative estimate of drug-likeness (QED) is 0.570. The number of nitrogens with zero attached hydrogens (tertiary/aromatic N) is 1. The first-order chi connectivity index (χ1) is 9.59. The van der Waals surface area contributed by atoms with E-state index >= 15 is 0 Å². The fourth-order valence-corrected chi connectivity index (χ4v) is 2.57. The van der Waals surface area contributed by atoms with Gasteiger partial charge in [-0.1, -0.05) is 30.3 Å². The number of nitrogens with two attached hydrogens (primary N) is 1. The molecular formula is C17H16N2O. The molecule has 0 atom stereocenters. The van der Waals surface area contributed by atoms with E-state index in [0.29, 0.717) is 11.3 Å². The van der Waals surface area contributed by atoms with Gasteiger partial charge in [0, 0.05) is 41.0 Å². The molecule has 1 heterocycles. The third-order valence-electron chi connectivity index (χ3n) is 3.76. The van der Waals surface area contributed by atoms with E-state index < -0.39 is 0 Å². The molecule has 0 amide bonds. The minimum absolute atomic E-state index is 0.0200. The summed E-state index contributed by atoms with van der Waals surface area (Å²) in [5, 5.41) is 0.974. The Balaban J connectivity index is 2.21. The SMILES string of the molecule is Cc1c(N)cccc1C(=O)c1cn(C)c2ccccc12. The third-order valence-corrected chi connectivity index (χ3v) is 3.76. The minimum Gasteiger partial charge on any atom is -0.398 e. The number of nitrogen functional groups attached to an aromatic ring is 1. The average Bonchev–Trinajstić information content (AvgIpc) is 2.79. The molecule has 0 unspecified atom stereocenters. The van der Waals surface area contributed by atoms with Gasteiger partial charge in [0.25, 0.3) is 0 Å². The maximum atomic E-state index is 12.8. The van der Waals surface area contributed by atoms with Gasteiger partial charge in [0.1, 0.15) is 0 Å². The number of carbonyl (C=O) groups excluding carboxylic acids is 1. The second kappa shape index (κ2) is 4.53. The van der Waals surface area contributed by atoms with Crippen molar-refractivity contribution in [3.05, 3.63) is 65.4 Å². The second-order valence-electron chi connectivity index (χ2n) is 5.02. The lowest BCUT2D eigenvalue weighted by molar-refractivity contribution is 0.103. The van der Waals surface area contributed by atoms with Gasteiger partial charge in [-0.05, 0) is 24.6 Å². The molecule has 2 N–H and O–H groups in total. The summed E-state index contributed by atoms with van der Waals surface area (Å²) in [6.45, 7) is 1.88. The van der Waals surface area contributed by atoms with Crippen LogP contribution in [0.3, 0.4) is 0 Å². The molecule has 3 rings (SSSR count). The fraction of sp³-hybridized carbons (Fsp3) is 0.118. The predicted octanol–water partition coefficient (Wildman–Crippen LogP) is 3.30. The molecule has 0 aliphatic carbocycles. The van der Waals surface area contributed by atoms with Crippen LogP contribution in [-0.4, -0.2) is 10.4 Å². The van der Waals surface area contributed by atoms with Gasteiger partial charge in [0.15, 0.2) is 5.78 Å². The number of hydrogen-bond acceptors (Lipinski definition) is 2. The number of para-hydroxylation sites is 1. The molecular weight excluding hydrogens is 248 g/mol. The van der Waals surface area contributed by atoms with E-state index in [1.165, 1.54) is 0 Å². The first kappa shape index (κ1) is 12.5. The molecule has 0 saturated heterocycles. The van der Waals surface area contributed by atoms with Gasteiger partial charge in [-0.3, -0.25) is 4.79 Å². The zero-order valence-corrected chi connectivity index (χ0v) is 11.6. The molecule has 0 radical (unpaired) electrons. The summed E-state index contributed by atoms with van der Waals surface area (Å²) in [6.07, 6.45) is 1.88. The molecule has 0 aliphatic heterocycles. The maximum absolute atomic E-state index is 12.8. The summed E-state index contributed by atoms with van der Waals surface area (Å²) in [6, 6.07) is 13.4. The van der Waals surface area contributed by atoms with Crippen LogP contribution in [0.15, 0.2) is 48.7 Å². The summed E-state index contributed by atoms with van der Waals surface area (Å²) < 4.78 is 1.98. The van der Waals surface area contributed by atoms with Crippen molar-refractivity contribution in [1.29, 1.82) is 0 Å². The van der Waals surface area contributed by atoms with Crippen molar-refractivity contribution >= 4 is 22.4 Å². The van der Waals surface area contributed by atoms with E-state index in [4.69, 9.17) is 5.73 Å². The Morgan fingerprint density at radius 3 is 2.60 bits per heavy atom. The molecule has 3 nitrogen and oxygen atoms in total. The molecule has 2 aromatic carbocycles. The van der Waals surface area contributed by atoms with E-state index in [9.17, 15) is 4.79 Å². The van der Waals surface area contributed by atoms with Crippen LogP contribution < -0.4 is 5.73 Å². The monoisotopic (exact) mass is 264 g/mol. The number of fused-ring (bicyclic) bond motifs is 1. The highest BCUT2D eigenvalue weighted by Gasteiger charge is 2.17. The number of aryl methyl sites for hydroxylation is 1. The van der Waals surface area contributed by atoms with Crippen molar-refractivity contribution in [2.24, 2.45) is 7.05 Å².